The van der Waals surface area contributed by atoms with Gasteiger partial charge >= 0.3 is 0 Å². The number of nitrogens with two attached hydrogens (primary N) is 1. The number of hydrogen-bond donors (Lipinski definition) is 5. The van der Waals surface area contributed by atoms with Gasteiger partial charge in [-0.1, -0.05) is 6.58 Å². The molecule has 1 fully saturated rings. The van der Waals surface area contributed by atoms with Crippen LogP contribution in [0.3, 0.4) is 0 Å². The number of ether oxygens (including phenoxy) is 1. The van der Waals surface area contributed by atoms with E-state index in [1.807, 2.05) is 0 Å². The molecule has 6 N–H and O–H groups in total. The van der Waals surface area contributed by atoms with Crippen molar-refractivity contribution in [2.24, 2.45) is 17.6 Å². The number of methoxy groups -OCH3 is 1. The van der Waals surface area contributed by atoms with Gasteiger partial charge in [0, 0.05) is 47.9 Å². The number of likely N-dealkylation sites (N-methyl/N-ethyl adjacent to an activating group) is 1. The smallest absolute Gasteiger partial charge is 0.252 e. The molecule has 5 atom stereocenters. The van der Waals surface area contributed by atoms with E-state index in [-0.39, 0.29) is 53.3 Å². The number of amides is 1. The maximum atomic E-state index is 16.0. The molecule has 0 unspecified atom stereocenters. The molecule has 1 aromatic rings. The van der Waals surface area contributed by atoms with Crippen LogP contribution in [0, 0.1) is 17.7 Å². The number of aliphatic hydroxyl groups is 3. The molecular formula is C29H36FN3O7. The number of benzene rings is 1. The number of aromatic hydroxyl groups is 1. The van der Waals surface area contributed by atoms with Gasteiger partial charge in [-0.3, -0.25) is 19.4 Å². The van der Waals surface area contributed by atoms with Crippen LogP contribution < -0.4 is 5.73 Å². The largest absolute Gasteiger partial charge is 0.510 e. The van der Waals surface area contributed by atoms with E-state index in [4.69, 9.17) is 10.5 Å². The highest BCUT2D eigenvalue weighted by Gasteiger charge is 2.60. The van der Waals surface area contributed by atoms with Gasteiger partial charge in [0.1, 0.15) is 23.1 Å². The number of aliphatic hydroxyl groups excluding tert-OH is 2. The van der Waals surface area contributed by atoms with Crippen molar-refractivity contribution in [1.29, 1.82) is 0 Å². The lowest BCUT2D eigenvalue weighted by atomic mass is 9.57. The zero-order valence-corrected chi connectivity index (χ0v) is 22.9. The van der Waals surface area contributed by atoms with Crippen molar-refractivity contribution in [2.45, 2.75) is 49.9 Å². The number of primary amides is 1. The summed E-state index contributed by atoms with van der Waals surface area (Å²) in [6.07, 6.45) is 1.91. The van der Waals surface area contributed by atoms with Crippen LogP contribution >= 0.6 is 0 Å². The van der Waals surface area contributed by atoms with Crippen LogP contribution in [0.1, 0.15) is 40.7 Å². The van der Waals surface area contributed by atoms with Crippen LogP contribution in [0.2, 0.25) is 0 Å². The van der Waals surface area contributed by atoms with Crippen molar-refractivity contribution in [2.75, 3.05) is 34.4 Å². The molecule has 3 aliphatic carbocycles. The first-order valence-corrected chi connectivity index (χ1v) is 13.4. The van der Waals surface area contributed by atoms with E-state index in [9.17, 15) is 30.0 Å². The minimum Gasteiger partial charge on any atom is -0.510 e. The molecule has 1 heterocycles. The van der Waals surface area contributed by atoms with E-state index in [0.29, 0.717) is 6.61 Å². The maximum Gasteiger partial charge on any atom is 0.252 e. The summed E-state index contributed by atoms with van der Waals surface area (Å²) in [4.78, 5) is 29.7. The first-order chi connectivity index (χ1) is 18.8. The lowest BCUT2D eigenvalue weighted by Gasteiger charge is -2.52. The third-order valence-electron chi connectivity index (χ3n) is 9.15. The van der Waals surface area contributed by atoms with E-state index in [1.54, 1.807) is 26.1 Å². The molecule has 1 saturated heterocycles. The number of ketones is 1. The van der Waals surface area contributed by atoms with Crippen molar-refractivity contribution >= 4 is 11.7 Å². The van der Waals surface area contributed by atoms with Crippen molar-refractivity contribution < 1.29 is 39.1 Å². The Hall–Kier alpha value is -3.25. The van der Waals surface area contributed by atoms with Crippen LogP contribution in [0.5, 0.6) is 5.75 Å². The number of Topliss-reactive ketones (excluding diaryl/α,β-unsaturated/α-hetero) is 1. The zero-order chi connectivity index (χ0) is 29.3. The Labute approximate surface area is 231 Å². The van der Waals surface area contributed by atoms with Crippen LogP contribution in [0.15, 0.2) is 40.9 Å². The summed E-state index contributed by atoms with van der Waals surface area (Å²) in [6.45, 7) is 5.28. The Balaban J connectivity index is 1.60. The highest BCUT2D eigenvalue weighted by Crippen LogP contribution is 2.55. The van der Waals surface area contributed by atoms with Gasteiger partial charge in [-0.15, -0.1) is 0 Å². The van der Waals surface area contributed by atoms with Gasteiger partial charge in [0.05, 0.1) is 23.8 Å². The number of allylic oxidation sites excluding steroid dienone is 1. The van der Waals surface area contributed by atoms with Crippen molar-refractivity contribution in [3.8, 4) is 5.75 Å². The number of likely N-dealkylation sites (tertiary alicyclic amines) is 1. The van der Waals surface area contributed by atoms with Gasteiger partial charge in [-0.25, -0.2) is 4.39 Å². The van der Waals surface area contributed by atoms with Crippen molar-refractivity contribution in [1.82, 2.24) is 9.80 Å². The third-order valence-corrected chi connectivity index (χ3v) is 9.15. The van der Waals surface area contributed by atoms with Crippen molar-refractivity contribution in [3.63, 3.8) is 0 Å². The number of hydrogen-bond acceptors (Lipinski definition) is 9. The Morgan fingerprint density at radius 2 is 2.02 bits per heavy atom. The van der Waals surface area contributed by atoms with Crippen LogP contribution in [0.4, 0.5) is 4.39 Å². The third kappa shape index (κ3) is 3.98. The fourth-order valence-electron chi connectivity index (χ4n) is 7.34. The molecule has 1 aliphatic heterocycles. The lowest BCUT2D eigenvalue weighted by Crippen LogP contribution is -2.60. The first kappa shape index (κ1) is 28.3. The molecule has 1 aromatic carbocycles. The number of carbonyl (C=O) groups is 2. The summed E-state index contributed by atoms with van der Waals surface area (Å²) in [7, 11) is 4.88. The summed E-state index contributed by atoms with van der Waals surface area (Å²) in [5, 5.41) is 45.3. The van der Waals surface area contributed by atoms with Gasteiger partial charge in [-0.2, -0.15) is 0 Å². The number of halogens is 1. The molecule has 0 bridgehead atoms. The van der Waals surface area contributed by atoms with Gasteiger partial charge in [0.15, 0.2) is 11.4 Å². The Bertz CT molecular complexity index is 1370. The fraction of sp³-hybridized carbons (Fsp3) is 0.517. The SMILES string of the molecule is C=C1C(C(N)=O)=C(O)[C@@H](N(C)C)[C@@H]2C[C@@H]3Cc4c(F)c(CN5CCC[C@@H]5COC)cc(O)c4C(=O)C3=C(O)[C@]12O. The molecule has 40 heavy (non-hydrogen) atoms. The molecule has 5 rings (SSSR count). The second kappa shape index (κ2) is 9.99. The summed E-state index contributed by atoms with van der Waals surface area (Å²) in [5.41, 5.74) is 2.37. The van der Waals surface area contributed by atoms with Crippen LogP contribution in [0.25, 0.3) is 0 Å². The number of nitrogens with zero attached hydrogens (tertiary/aromatic N) is 2. The highest BCUT2D eigenvalue weighted by molar-refractivity contribution is 6.13. The fourth-order valence-corrected chi connectivity index (χ4v) is 7.34. The Morgan fingerprint density at radius 3 is 2.65 bits per heavy atom. The summed E-state index contributed by atoms with van der Waals surface area (Å²) < 4.78 is 21.3. The highest BCUT2D eigenvalue weighted by atomic mass is 19.1. The Morgan fingerprint density at radius 1 is 1.32 bits per heavy atom. The number of phenols is 1. The van der Waals surface area contributed by atoms with E-state index in [0.717, 1.165) is 19.4 Å². The molecule has 10 nitrogen and oxygen atoms in total. The lowest BCUT2D eigenvalue weighted by molar-refractivity contribution is -0.115. The maximum absolute atomic E-state index is 16.0. The number of rotatable bonds is 6. The number of carbonyl (C=O) groups excluding carboxylic acids is 2. The predicted octanol–water partition coefficient (Wildman–Crippen LogP) is 1.86. The Kier molecular flexibility index (Phi) is 7.06. The molecule has 4 aliphatic rings. The topological polar surface area (TPSA) is 157 Å². The standard InChI is InChI=1S/C29H36FN3O7/c1-13-20(28(31)38)26(36)24(32(2)3)18-9-14-8-17-22(25(35)21(14)27(37)29(13,18)39)19(34)10-15(23(17)30)11-33-7-5-6-16(33)12-40-4/h10,14,16,18,24,34,36-37,39H,1,5-9,11-12H2,2-4H3,(H2,31,38)/t14-,16+,18-,24-,29-/m0/s1. The van der Waals surface area contributed by atoms with Crippen molar-refractivity contribution in [3.05, 3.63) is 63.4 Å². The molecule has 216 valence electrons. The van der Waals surface area contributed by atoms with Crippen LogP contribution in [-0.4, -0.2) is 94.0 Å². The minimum atomic E-state index is -2.29. The summed E-state index contributed by atoms with van der Waals surface area (Å²) in [5.74, 6) is -5.60. The normalized spacial score (nSPS) is 30.6. The van der Waals surface area contributed by atoms with Gasteiger partial charge in [-0.05, 0) is 58.3 Å². The second-order valence-corrected chi connectivity index (χ2v) is 11.6. The molecule has 0 aromatic heterocycles. The molecule has 0 radical (unpaired) electrons. The molecular weight excluding hydrogens is 521 g/mol. The molecule has 11 heteroatoms. The van der Waals surface area contributed by atoms with Gasteiger partial charge in [0.25, 0.3) is 5.91 Å². The monoisotopic (exact) mass is 557 g/mol. The summed E-state index contributed by atoms with van der Waals surface area (Å²) >= 11 is 0. The van der Waals surface area contributed by atoms with E-state index in [1.165, 1.54) is 6.07 Å². The predicted molar refractivity (Wildman–Crippen MR) is 143 cm³/mol. The summed E-state index contributed by atoms with van der Waals surface area (Å²) in [6, 6.07) is 0.427. The molecule has 0 saturated carbocycles. The average Bonchev–Trinajstić information content (AvgIpc) is 3.30. The number of fused-ring (bicyclic) bond motifs is 3. The van der Waals surface area contributed by atoms with Crippen LogP contribution in [-0.2, 0) is 22.5 Å². The zero-order valence-electron chi connectivity index (χ0n) is 22.9. The first-order valence-electron chi connectivity index (χ1n) is 13.4. The minimum absolute atomic E-state index is 0.0123. The number of phenolic OH excluding ortho intramolecular Hbond substituents is 1. The van der Waals surface area contributed by atoms with E-state index >= 15 is 4.39 Å². The second-order valence-electron chi connectivity index (χ2n) is 11.6. The van der Waals surface area contributed by atoms with E-state index in [2.05, 4.69) is 11.5 Å². The van der Waals surface area contributed by atoms with E-state index < -0.39 is 63.8 Å². The van der Waals surface area contributed by atoms with Gasteiger partial charge in [0.2, 0.25) is 0 Å². The average molecular weight is 558 g/mol. The molecule has 1 amide bonds. The van der Waals surface area contributed by atoms with Gasteiger partial charge < -0.3 is 30.9 Å². The quantitative estimate of drug-likeness (QED) is 0.352. The molecule has 0 spiro atoms.